The van der Waals surface area contributed by atoms with Crippen LogP contribution in [0.1, 0.15) is 118 Å². The van der Waals surface area contributed by atoms with Gasteiger partial charge in [-0.25, -0.2) is 0 Å². The molecule has 0 aromatic carbocycles. The van der Waals surface area contributed by atoms with Crippen molar-refractivity contribution in [2.45, 2.75) is 128 Å². The zero-order chi connectivity index (χ0) is 20.0. The van der Waals surface area contributed by atoms with E-state index < -0.39 is 0 Å². The minimum Gasteiger partial charge on any atom is -0.382 e. The highest BCUT2D eigenvalue weighted by Gasteiger charge is 2.17. The Bertz CT molecular complexity index is 247. The average molecular weight is 403 g/mol. The summed E-state index contributed by atoms with van der Waals surface area (Å²) in [5, 5.41) is 1.72. The fourth-order valence-corrected chi connectivity index (χ4v) is 5.27. The molecule has 2 unspecified atom stereocenters. The van der Waals surface area contributed by atoms with Crippen molar-refractivity contribution in [1.82, 2.24) is 0 Å². The molecule has 164 valence electrons. The maximum Gasteiger partial charge on any atom is 0.0465 e. The van der Waals surface area contributed by atoms with Crippen molar-refractivity contribution in [1.29, 1.82) is 0 Å². The van der Waals surface area contributed by atoms with Crippen LogP contribution in [-0.4, -0.2) is 36.9 Å². The second-order valence-electron chi connectivity index (χ2n) is 7.76. The van der Waals surface area contributed by atoms with Crippen LogP contribution >= 0.6 is 11.8 Å². The molecule has 3 heteroatoms. The second-order valence-corrected chi connectivity index (χ2v) is 9.36. The topological polar surface area (TPSA) is 18.5 Å². The summed E-state index contributed by atoms with van der Waals surface area (Å²) in [6.45, 7) is 12.4. The monoisotopic (exact) mass is 402 g/mol. The van der Waals surface area contributed by atoms with Gasteiger partial charge in [0.1, 0.15) is 0 Å². The first-order chi connectivity index (χ1) is 13.3. The molecule has 0 heterocycles. The van der Waals surface area contributed by atoms with E-state index >= 15 is 0 Å². The van der Waals surface area contributed by atoms with Crippen LogP contribution in [0.3, 0.4) is 0 Å². The third kappa shape index (κ3) is 19.4. The minimum absolute atomic E-state index is 0.857. The van der Waals surface area contributed by atoms with Crippen molar-refractivity contribution in [2.75, 3.05) is 26.4 Å². The highest BCUT2D eigenvalue weighted by atomic mass is 32.2. The molecular weight excluding hydrogens is 352 g/mol. The number of thioether (sulfide) groups is 1. The van der Waals surface area contributed by atoms with E-state index in [0.717, 1.165) is 36.9 Å². The van der Waals surface area contributed by atoms with E-state index in [1.165, 1.54) is 89.9 Å². The van der Waals surface area contributed by atoms with Crippen molar-refractivity contribution in [3.63, 3.8) is 0 Å². The first-order valence-corrected chi connectivity index (χ1v) is 13.0. The molecule has 0 aliphatic rings. The van der Waals surface area contributed by atoms with Crippen LogP contribution in [-0.2, 0) is 9.47 Å². The van der Waals surface area contributed by atoms with Crippen LogP contribution in [0.4, 0.5) is 0 Å². The Labute approximate surface area is 175 Å². The van der Waals surface area contributed by atoms with Gasteiger partial charge in [0.15, 0.2) is 0 Å². The Balaban J connectivity index is 4.37. The number of unbranched alkanes of at least 4 members (excludes halogenated alkanes) is 6. The van der Waals surface area contributed by atoms with Gasteiger partial charge in [-0.15, -0.1) is 0 Å². The van der Waals surface area contributed by atoms with E-state index in [9.17, 15) is 0 Å². The lowest BCUT2D eigenvalue weighted by molar-refractivity contribution is 0.143. The van der Waals surface area contributed by atoms with Gasteiger partial charge in [-0.3, -0.25) is 0 Å². The van der Waals surface area contributed by atoms with Crippen molar-refractivity contribution >= 4 is 11.8 Å². The number of hydrogen-bond acceptors (Lipinski definition) is 3. The summed E-state index contributed by atoms with van der Waals surface area (Å²) in [4.78, 5) is 0. The van der Waals surface area contributed by atoms with Crippen LogP contribution < -0.4 is 0 Å². The molecule has 0 radical (unpaired) electrons. The molecule has 0 amide bonds. The Hall–Kier alpha value is 0.270. The zero-order valence-electron chi connectivity index (χ0n) is 19.1. The van der Waals surface area contributed by atoms with Crippen LogP contribution in [0, 0.1) is 0 Å². The largest absolute Gasteiger partial charge is 0.382 e. The molecule has 0 rings (SSSR count). The molecule has 0 spiro atoms. The van der Waals surface area contributed by atoms with Gasteiger partial charge >= 0.3 is 0 Å². The van der Waals surface area contributed by atoms with Crippen LogP contribution in [0.15, 0.2) is 0 Å². The fourth-order valence-electron chi connectivity index (χ4n) is 3.52. The van der Waals surface area contributed by atoms with Crippen molar-refractivity contribution < 1.29 is 9.47 Å². The lowest BCUT2D eigenvalue weighted by Crippen LogP contribution is -2.13. The predicted molar refractivity (Wildman–Crippen MR) is 124 cm³/mol. The molecule has 2 nitrogen and oxygen atoms in total. The minimum atomic E-state index is 0.857. The van der Waals surface area contributed by atoms with Gasteiger partial charge < -0.3 is 9.47 Å². The van der Waals surface area contributed by atoms with Gasteiger partial charge in [-0.1, -0.05) is 65.2 Å². The summed E-state index contributed by atoms with van der Waals surface area (Å²) in [5.41, 5.74) is 0. The van der Waals surface area contributed by atoms with E-state index in [0.29, 0.717) is 0 Å². The normalized spacial score (nSPS) is 13.8. The van der Waals surface area contributed by atoms with Crippen molar-refractivity contribution in [3.8, 4) is 0 Å². The molecule has 0 fully saturated rings. The summed E-state index contributed by atoms with van der Waals surface area (Å²) in [6.07, 6.45) is 19.0. The predicted octanol–water partition coefficient (Wildman–Crippen LogP) is 8.03. The van der Waals surface area contributed by atoms with Crippen LogP contribution in [0.2, 0.25) is 0 Å². The lowest BCUT2D eigenvalue weighted by Gasteiger charge is -2.24. The SMILES string of the molecule is CCCCCC(CCCCOCC)SC(CCCCC)CCCCOCC. The summed E-state index contributed by atoms with van der Waals surface area (Å²) in [6, 6.07) is 0. The molecular formula is C24H50O2S. The van der Waals surface area contributed by atoms with E-state index in [4.69, 9.17) is 9.47 Å². The fraction of sp³-hybridized carbons (Fsp3) is 1.00. The molecule has 2 atom stereocenters. The van der Waals surface area contributed by atoms with E-state index in [1.807, 2.05) is 0 Å². The van der Waals surface area contributed by atoms with Gasteiger partial charge in [0.05, 0.1) is 0 Å². The van der Waals surface area contributed by atoms with Gasteiger partial charge in [0, 0.05) is 36.9 Å². The highest BCUT2D eigenvalue weighted by Crippen LogP contribution is 2.32. The number of rotatable bonds is 22. The van der Waals surface area contributed by atoms with Gasteiger partial charge in [-0.05, 0) is 52.4 Å². The quantitative estimate of drug-likeness (QED) is 0.171. The van der Waals surface area contributed by atoms with Crippen molar-refractivity contribution in [2.24, 2.45) is 0 Å². The molecule has 0 saturated heterocycles. The Morgan fingerprint density at radius 1 is 0.519 bits per heavy atom. The molecule has 27 heavy (non-hydrogen) atoms. The zero-order valence-corrected chi connectivity index (χ0v) is 19.9. The Kier molecular flexibility index (Phi) is 22.8. The summed E-state index contributed by atoms with van der Waals surface area (Å²) in [5.74, 6) is 0. The molecule has 0 bridgehead atoms. The third-order valence-corrected chi connectivity index (χ3v) is 6.89. The first-order valence-electron chi connectivity index (χ1n) is 12.1. The van der Waals surface area contributed by atoms with Gasteiger partial charge in [-0.2, -0.15) is 11.8 Å². The molecule has 0 aromatic rings. The standard InChI is InChI=1S/C24H50O2S/c1-5-9-11-17-23(19-13-15-21-25-7-3)27-24(18-12-10-6-2)20-14-16-22-26-8-4/h23-24H,5-22H2,1-4H3. The second kappa shape index (κ2) is 22.6. The van der Waals surface area contributed by atoms with Crippen LogP contribution in [0.5, 0.6) is 0 Å². The van der Waals surface area contributed by atoms with E-state index in [-0.39, 0.29) is 0 Å². The van der Waals surface area contributed by atoms with E-state index in [2.05, 4.69) is 39.5 Å². The van der Waals surface area contributed by atoms with Gasteiger partial charge in [0.2, 0.25) is 0 Å². The molecule has 0 N–H and O–H groups in total. The summed E-state index contributed by atoms with van der Waals surface area (Å²) < 4.78 is 11.1. The summed E-state index contributed by atoms with van der Waals surface area (Å²) >= 11 is 2.34. The first kappa shape index (κ1) is 27.3. The average Bonchev–Trinajstić information content (AvgIpc) is 2.67. The Morgan fingerprint density at radius 2 is 0.889 bits per heavy atom. The highest BCUT2D eigenvalue weighted by molar-refractivity contribution is 8.00. The smallest absolute Gasteiger partial charge is 0.0465 e. The van der Waals surface area contributed by atoms with Crippen LogP contribution in [0.25, 0.3) is 0 Å². The number of hydrogen-bond donors (Lipinski definition) is 0. The number of ether oxygens (including phenoxy) is 2. The van der Waals surface area contributed by atoms with Gasteiger partial charge in [0.25, 0.3) is 0 Å². The molecule has 0 aliphatic carbocycles. The van der Waals surface area contributed by atoms with E-state index in [1.54, 1.807) is 0 Å². The lowest BCUT2D eigenvalue weighted by atomic mass is 10.1. The molecule has 0 saturated carbocycles. The molecule has 0 aromatic heterocycles. The van der Waals surface area contributed by atoms with Crippen molar-refractivity contribution in [3.05, 3.63) is 0 Å². The maximum atomic E-state index is 5.53. The Morgan fingerprint density at radius 3 is 1.22 bits per heavy atom. The molecule has 0 aliphatic heterocycles. The summed E-state index contributed by atoms with van der Waals surface area (Å²) in [7, 11) is 0. The third-order valence-electron chi connectivity index (χ3n) is 5.18. The maximum absolute atomic E-state index is 5.53.